The summed E-state index contributed by atoms with van der Waals surface area (Å²) in [6.45, 7) is 2.68. The minimum Gasteiger partial charge on any atom is -0.351 e. The quantitative estimate of drug-likeness (QED) is 0.354. The number of hydrogen-bond donors (Lipinski definition) is 1. The zero-order valence-corrected chi connectivity index (χ0v) is 9.25. The van der Waals surface area contributed by atoms with Crippen LogP contribution in [-0.2, 0) is 6.42 Å². The lowest BCUT2D eigenvalue weighted by molar-refractivity contribution is 0.0958. The monoisotopic (exact) mass is 224 g/mol. The number of carbonyl (C=O) groups is 1. The summed E-state index contributed by atoms with van der Waals surface area (Å²) in [5.74, 6) is -0.0880. The minimum atomic E-state index is -0.0880. The van der Waals surface area contributed by atoms with Crippen LogP contribution in [0.3, 0.4) is 0 Å². The van der Waals surface area contributed by atoms with E-state index in [4.69, 9.17) is 5.53 Å². The number of carbonyl (C=O) groups excluding carboxylic acids is 1. The van der Waals surface area contributed by atoms with Crippen LogP contribution < -0.4 is 5.32 Å². The van der Waals surface area contributed by atoms with Gasteiger partial charge in [-0.3, -0.25) is 4.79 Å². The average molecular weight is 224 g/mol. The molecule has 0 saturated carbocycles. The molecule has 0 radical (unpaired) electrons. The molecule has 6 heteroatoms. The standard InChI is InChI=1S/C9H12N4OS/c1-2-7-3-6-15-8(7)9(14)11-4-5-12-13-10/h3,6H,2,4-5H2,1H3,(H,11,14). The van der Waals surface area contributed by atoms with Gasteiger partial charge in [0.1, 0.15) is 0 Å². The highest BCUT2D eigenvalue weighted by Crippen LogP contribution is 2.16. The van der Waals surface area contributed by atoms with Crippen LogP contribution in [0, 0.1) is 0 Å². The first kappa shape index (κ1) is 11.6. The first-order chi connectivity index (χ1) is 7.29. The van der Waals surface area contributed by atoms with Crippen LogP contribution in [0.25, 0.3) is 10.4 Å². The van der Waals surface area contributed by atoms with E-state index in [-0.39, 0.29) is 12.5 Å². The van der Waals surface area contributed by atoms with Crippen LogP contribution in [0.1, 0.15) is 22.2 Å². The van der Waals surface area contributed by atoms with Crippen molar-refractivity contribution in [3.8, 4) is 0 Å². The second kappa shape index (κ2) is 6.06. The van der Waals surface area contributed by atoms with Gasteiger partial charge < -0.3 is 5.32 Å². The van der Waals surface area contributed by atoms with Gasteiger partial charge in [-0.05, 0) is 29.0 Å². The fourth-order valence-corrected chi connectivity index (χ4v) is 2.07. The summed E-state index contributed by atoms with van der Waals surface area (Å²) in [5.41, 5.74) is 9.10. The number of amides is 1. The number of rotatable bonds is 5. The van der Waals surface area contributed by atoms with E-state index in [1.54, 1.807) is 0 Å². The molecular formula is C9H12N4OS. The number of hydrogen-bond acceptors (Lipinski definition) is 3. The molecule has 0 aliphatic carbocycles. The number of aryl methyl sites for hydroxylation is 1. The summed E-state index contributed by atoms with van der Waals surface area (Å²) < 4.78 is 0. The van der Waals surface area contributed by atoms with Gasteiger partial charge in [0.25, 0.3) is 5.91 Å². The smallest absolute Gasteiger partial charge is 0.261 e. The van der Waals surface area contributed by atoms with Crippen molar-refractivity contribution in [3.05, 3.63) is 32.3 Å². The van der Waals surface area contributed by atoms with Crippen molar-refractivity contribution in [1.82, 2.24) is 5.32 Å². The second-order valence-corrected chi connectivity index (χ2v) is 3.76. The summed E-state index contributed by atoms with van der Waals surface area (Å²) in [6.07, 6.45) is 0.850. The largest absolute Gasteiger partial charge is 0.351 e. The van der Waals surface area contributed by atoms with Gasteiger partial charge in [-0.2, -0.15) is 0 Å². The second-order valence-electron chi connectivity index (χ2n) is 2.84. The SMILES string of the molecule is CCc1ccsc1C(=O)NCCN=[N+]=[N-]. The Morgan fingerprint density at radius 3 is 3.20 bits per heavy atom. The van der Waals surface area contributed by atoms with Crippen LogP contribution in [0.5, 0.6) is 0 Å². The summed E-state index contributed by atoms with van der Waals surface area (Å²) in [4.78, 5) is 15.0. The van der Waals surface area contributed by atoms with Gasteiger partial charge in [-0.15, -0.1) is 11.3 Å². The third-order valence-electron chi connectivity index (χ3n) is 1.89. The van der Waals surface area contributed by atoms with E-state index < -0.39 is 0 Å². The summed E-state index contributed by atoms with van der Waals surface area (Å²) in [5, 5.41) is 7.94. The van der Waals surface area contributed by atoms with Crippen LogP contribution in [-0.4, -0.2) is 19.0 Å². The highest BCUT2D eigenvalue weighted by Gasteiger charge is 2.10. The lowest BCUT2D eigenvalue weighted by Gasteiger charge is -2.02. The van der Waals surface area contributed by atoms with Crippen molar-refractivity contribution in [2.45, 2.75) is 13.3 Å². The van der Waals surface area contributed by atoms with Crippen molar-refractivity contribution in [2.75, 3.05) is 13.1 Å². The van der Waals surface area contributed by atoms with E-state index in [1.165, 1.54) is 11.3 Å². The molecule has 0 fully saturated rings. The minimum absolute atomic E-state index is 0.0880. The normalized spacial score (nSPS) is 9.40. The summed E-state index contributed by atoms with van der Waals surface area (Å²) in [7, 11) is 0. The fourth-order valence-electron chi connectivity index (χ4n) is 1.16. The molecule has 0 saturated heterocycles. The van der Waals surface area contributed by atoms with Gasteiger partial charge in [0.05, 0.1) is 4.88 Å². The molecule has 1 N–H and O–H groups in total. The van der Waals surface area contributed by atoms with Crippen LogP contribution in [0.4, 0.5) is 0 Å². The van der Waals surface area contributed by atoms with E-state index in [0.29, 0.717) is 6.54 Å². The first-order valence-corrected chi connectivity index (χ1v) is 5.53. The Bertz CT molecular complexity index is 381. The van der Waals surface area contributed by atoms with Crippen molar-refractivity contribution in [3.63, 3.8) is 0 Å². The third kappa shape index (κ3) is 3.27. The molecule has 5 nitrogen and oxygen atoms in total. The molecule has 1 rings (SSSR count). The first-order valence-electron chi connectivity index (χ1n) is 4.65. The molecule has 1 amide bonds. The van der Waals surface area contributed by atoms with E-state index in [9.17, 15) is 4.79 Å². The van der Waals surface area contributed by atoms with Gasteiger partial charge in [-0.1, -0.05) is 12.0 Å². The van der Waals surface area contributed by atoms with E-state index >= 15 is 0 Å². The Morgan fingerprint density at radius 2 is 2.53 bits per heavy atom. The Hall–Kier alpha value is -1.52. The molecule has 0 aliphatic rings. The molecule has 0 aromatic carbocycles. The molecule has 15 heavy (non-hydrogen) atoms. The Morgan fingerprint density at radius 1 is 1.73 bits per heavy atom. The predicted octanol–water partition coefficient (Wildman–Crippen LogP) is 2.35. The maximum absolute atomic E-state index is 11.6. The van der Waals surface area contributed by atoms with Crippen molar-refractivity contribution in [1.29, 1.82) is 0 Å². The average Bonchev–Trinajstić information content (AvgIpc) is 2.72. The number of nitrogens with one attached hydrogen (secondary N) is 1. The topological polar surface area (TPSA) is 77.9 Å². The highest BCUT2D eigenvalue weighted by atomic mass is 32.1. The lowest BCUT2D eigenvalue weighted by Crippen LogP contribution is -2.25. The van der Waals surface area contributed by atoms with E-state index in [1.807, 2.05) is 18.4 Å². The molecule has 0 unspecified atom stereocenters. The predicted molar refractivity (Wildman–Crippen MR) is 60.0 cm³/mol. The van der Waals surface area contributed by atoms with Gasteiger partial charge >= 0.3 is 0 Å². The zero-order valence-electron chi connectivity index (χ0n) is 8.43. The van der Waals surface area contributed by atoms with Crippen molar-refractivity contribution < 1.29 is 4.79 Å². The molecule has 1 aromatic heterocycles. The Balaban J connectivity index is 2.50. The van der Waals surface area contributed by atoms with Gasteiger partial charge in [0.15, 0.2) is 0 Å². The molecule has 0 spiro atoms. The van der Waals surface area contributed by atoms with Gasteiger partial charge in [0.2, 0.25) is 0 Å². The lowest BCUT2D eigenvalue weighted by atomic mass is 10.2. The number of thiophene rings is 1. The molecule has 0 bridgehead atoms. The van der Waals surface area contributed by atoms with E-state index in [0.717, 1.165) is 16.9 Å². The van der Waals surface area contributed by atoms with E-state index in [2.05, 4.69) is 15.3 Å². The van der Waals surface area contributed by atoms with Gasteiger partial charge in [0, 0.05) is 18.0 Å². The molecule has 1 heterocycles. The third-order valence-corrected chi connectivity index (χ3v) is 2.85. The summed E-state index contributed by atoms with van der Waals surface area (Å²) >= 11 is 1.43. The Labute approximate surface area is 91.7 Å². The molecule has 0 atom stereocenters. The Kier molecular flexibility index (Phi) is 4.66. The molecule has 1 aromatic rings. The van der Waals surface area contributed by atoms with Crippen LogP contribution in [0.15, 0.2) is 16.6 Å². The fraction of sp³-hybridized carbons (Fsp3) is 0.444. The van der Waals surface area contributed by atoms with Gasteiger partial charge in [-0.25, -0.2) is 0 Å². The maximum Gasteiger partial charge on any atom is 0.261 e. The number of azide groups is 1. The maximum atomic E-state index is 11.6. The zero-order chi connectivity index (χ0) is 11.1. The molecule has 0 aliphatic heterocycles. The molecular weight excluding hydrogens is 212 g/mol. The molecule has 80 valence electrons. The van der Waals surface area contributed by atoms with Crippen molar-refractivity contribution >= 4 is 17.2 Å². The highest BCUT2D eigenvalue weighted by molar-refractivity contribution is 7.12. The van der Waals surface area contributed by atoms with Crippen molar-refractivity contribution in [2.24, 2.45) is 5.11 Å². The van der Waals surface area contributed by atoms with Crippen LogP contribution >= 0.6 is 11.3 Å². The summed E-state index contributed by atoms with van der Waals surface area (Å²) in [6, 6.07) is 1.95. The number of nitrogens with zero attached hydrogens (tertiary/aromatic N) is 3. The van der Waals surface area contributed by atoms with Crippen LogP contribution in [0.2, 0.25) is 0 Å².